The van der Waals surface area contributed by atoms with E-state index in [0.717, 1.165) is 6.44 Å². The molecular formula is C6H14BN. The Balaban J connectivity index is 3.07. The minimum absolute atomic E-state index is 0.684. The second-order valence-electron chi connectivity index (χ2n) is 2.23. The predicted molar refractivity (Wildman–Crippen MR) is 40.6 cm³/mol. The minimum atomic E-state index is 0.684. The third kappa shape index (κ3) is 5.89. The van der Waals surface area contributed by atoms with Crippen LogP contribution in [0, 0.1) is 5.92 Å². The van der Waals surface area contributed by atoms with Crippen LogP contribution in [-0.2, 0) is 0 Å². The van der Waals surface area contributed by atoms with E-state index in [1.807, 2.05) is 7.05 Å². The SMILES string of the molecule is CNCB=CC(C)C. The van der Waals surface area contributed by atoms with E-state index in [2.05, 4.69) is 32.1 Å². The Morgan fingerprint density at radius 1 is 1.62 bits per heavy atom. The van der Waals surface area contributed by atoms with Crippen molar-refractivity contribution in [2.24, 2.45) is 5.92 Å². The van der Waals surface area contributed by atoms with Gasteiger partial charge in [0.05, 0.1) is 0 Å². The van der Waals surface area contributed by atoms with Gasteiger partial charge in [-0.2, -0.15) is 0 Å². The van der Waals surface area contributed by atoms with E-state index < -0.39 is 0 Å². The van der Waals surface area contributed by atoms with Crippen LogP contribution < -0.4 is 5.32 Å². The summed E-state index contributed by atoms with van der Waals surface area (Å²) in [6.07, 6.45) is 0.984. The maximum atomic E-state index is 3.04. The zero-order valence-corrected chi connectivity index (χ0v) is 5.94. The average Bonchev–Trinajstić information content (AvgIpc) is 1.66. The van der Waals surface area contributed by atoms with Crippen LogP contribution in [-0.4, -0.2) is 26.4 Å². The molecule has 0 radical (unpaired) electrons. The Hall–Kier alpha value is -0.105. The van der Waals surface area contributed by atoms with Crippen LogP contribution in [0.1, 0.15) is 13.8 Å². The first kappa shape index (κ1) is 7.89. The molecular weight excluding hydrogens is 96.9 g/mol. The summed E-state index contributed by atoms with van der Waals surface area (Å²) in [5.74, 6) is 2.87. The van der Waals surface area contributed by atoms with E-state index in [9.17, 15) is 0 Å². The molecule has 0 unspecified atom stereocenters. The van der Waals surface area contributed by atoms with Crippen LogP contribution in [0.3, 0.4) is 0 Å². The first-order chi connectivity index (χ1) is 3.77. The van der Waals surface area contributed by atoms with Gasteiger partial charge in [0.1, 0.15) is 0 Å². The maximum absolute atomic E-state index is 3.04. The molecule has 0 aromatic heterocycles. The number of hydrogen-bond acceptors (Lipinski definition) is 1. The average molecular weight is 111 g/mol. The second kappa shape index (κ2) is 5.04. The Morgan fingerprint density at radius 2 is 2.25 bits per heavy atom. The summed E-state index contributed by atoms with van der Waals surface area (Å²) in [7, 11) is 1.95. The molecule has 8 heavy (non-hydrogen) atoms. The summed E-state index contributed by atoms with van der Waals surface area (Å²) in [5, 5.41) is 3.04. The fourth-order valence-corrected chi connectivity index (χ4v) is 0.458. The molecule has 1 nitrogen and oxygen atoms in total. The monoisotopic (exact) mass is 111 g/mol. The molecule has 0 heterocycles. The molecule has 0 aromatic rings. The van der Waals surface area contributed by atoms with E-state index in [4.69, 9.17) is 0 Å². The van der Waals surface area contributed by atoms with Crippen LogP contribution in [0.5, 0.6) is 0 Å². The number of rotatable bonds is 3. The van der Waals surface area contributed by atoms with Crippen molar-refractivity contribution in [3.63, 3.8) is 0 Å². The normalized spacial score (nSPS) is 10.5. The summed E-state index contributed by atoms with van der Waals surface area (Å²) >= 11 is 0. The topological polar surface area (TPSA) is 12.0 Å². The van der Waals surface area contributed by atoms with Gasteiger partial charge in [-0.15, -0.1) is 0 Å². The van der Waals surface area contributed by atoms with Gasteiger partial charge in [0.15, 0.2) is 0 Å². The molecule has 0 aliphatic carbocycles. The molecule has 0 fully saturated rings. The third-order valence-electron chi connectivity index (χ3n) is 0.843. The van der Waals surface area contributed by atoms with E-state index >= 15 is 0 Å². The molecule has 1 N–H and O–H groups in total. The number of hydrogen-bond donors (Lipinski definition) is 1. The molecule has 0 aliphatic rings. The van der Waals surface area contributed by atoms with Crippen molar-refractivity contribution in [2.45, 2.75) is 13.8 Å². The van der Waals surface area contributed by atoms with E-state index in [1.54, 1.807) is 0 Å². The van der Waals surface area contributed by atoms with E-state index in [-0.39, 0.29) is 0 Å². The van der Waals surface area contributed by atoms with Crippen molar-refractivity contribution in [1.29, 1.82) is 0 Å². The predicted octanol–water partition coefficient (Wildman–Crippen LogP) is 0.326. The summed E-state index contributed by atoms with van der Waals surface area (Å²) in [6, 6.07) is 0. The number of nitrogens with one attached hydrogen (secondary N) is 1. The Labute approximate surface area is 52.4 Å². The van der Waals surface area contributed by atoms with Crippen molar-refractivity contribution >= 4 is 12.9 Å². The van der Waals surface area contributed by atoms with Gasteiger partial charge in [0.25, 0.3) is 0 Å². The van der Waals surface area contributed by atoms with Gasteiger partial charge in [0, 0.05) is 0 Å². The molecule has 0 rings (SSSR count). The molecule has 0 bridgehead atoms. The zero-order valence-electron chi connectivity index (χ0n) is 5.94. The fourth-order valence-electron chi connectivity index (χ4n) is 0.458. The van der Waals surface area contributed by atoms with Crippen molar-refractivity contribution in [2.75, 3.05) is 13.5 Å². The van der Waals surface area contributed by atoms with E-state index in [1.165, 1.54) is 0 Å². The molecule has 0 aliphatic heterocycles. The molecule has 0 aromatic carbocycles. The van der Waals surface area contributed by atoms with Crippen LogP contribution in [0.25, 0.3) is 0 Å². The first-order valence-corrected chi connectivity index (χ1v) is 3.08. The van der Waals surface area contributed by atoms with Crippen molar-refractivity contribution in [1.82, 2.24) is 5.32 Å². The summed E-state index contributed by atoms with van der Waals surface area (Å²) in [6.45, 7) is 6.49. The van der Waals surface area contributed by atoms with Crippen LogP contribution in [0.2, 0.25) is 0 Å². The molecule has 0 saturated carbocycles. The second-order valence-corrected chi connectivity index (χ2v) is 2.23. The van der Waals surface area contributed by atoms with Crippen molar-refractivity contribution < 1.29 is 0 Å². The van der Waals surface area contributed by atoms with Crippen molar-refractivity contribution in [3.05, 3.63) is 0 Å². The zero-order chi connectivity index (χ0) is 6.41. The van der Waals surface area contributed by atoms with Gasteiger partial charge in [-0.05, 0) is 0 Å². The van der Waals surface area contributed by atoms with Crippen LogP contribution >= 0.6 is 0 Å². The molecule has 46 valence electrons. The first-order valence-electron chi connectivity index (χ1n) is 3.08. The molecule has 2 heteroatoms. The van der Waals surface area contributed by atoms with Gasteiger partial charge in [-0.25, -0.2) is 0 Å². The van der Waals surface area contributed by atoms with Gasteiger partial charge in [-0.3, -0.25) is 0 Å². The Kier molecular flexibility index (Phi) is 4.97. The van der Waals surface area contributed by atoms with E-state index in [0.29, 0.717) is 5.92 Å². The summed E-state index contributed by atoms with van der Waals surface area (Å²) in [4.78, 5) is 0. The summed E-state index contributed by atoms with van der Waals surface area (Å²) < 4.78 is 0. The van der Waals surface area contributed by atoms with Gasteiger partial charge in [0.2, 0.25) is 0 Å². The van der Waals surface area contributed by atoms with Gasteiger partial charge < -0.3 is 0 Å². The Morgan fingerprint density at radius 3 is 2.62 bits per heavy atom. The van der Waals surface area contributed by atoms with Crippen LogP contribution in [0.4, 0.5) is 0 Å². The summed E-state index contributed by atoms with van der Waals surface area (Å²) in [5.41, 5.74) is 0. The van der Waals surface area contributed by atoms with Crippen LogP contribution in [0.15, 0.2) is 0 Å². The molecule has 0 saturated heterocycles. The standard InChI is InChI=1S/C6H14BN/c1-6(2)4-7-5-8-3/h4,6,8H,5H2,1-3H3. The quantitative estimate of drug-likeness (QED) is 0.517. The molecule has 0 amide bonds. The molecule has 0 spiro atoms. The fraction of sp³-hybridized carbons (Fsp3) is 0.833. The van der Waals surface area contributed by atoms with Gasteiger partial charge >= 0.3 is 51.5 Å². The Bertz CT molecular complexity index is 68.9. The molecule has 0 atom stereocenters. The third-order valence-corrected chi connectivity index (χ3v) is 0.843. The van der Waals surface area contributed by atoms with Crippen molar-refractivity contribution in [3.8, 4) is 0 Å². The van der Waals surface area contributed by atoms with Gasteiger partial charge in [-0.1, -0.05) is 0 Å².